The molecule has 8 heteroatoms. The highest BCUT2D eigenvalue weighted by Gasteiger charge is 2.15. The monoisotopic (exact) mass is 393 g/mol. The van der Waals surface area contributed by atoms with Crippen molar-refractivity contribution in [2.45, 2.75) is 33.2 Å². The average molecular weight is 393 g/mol. The highest BCUT2D eigenvalue weighted by atomic mass is 16.3. The van der Waals surface area contributed by atoms with Crippen LogP contribution in [-0.2, 0) is 6.42 Å². The van der Waals surface area contributed by atoms with Crippen LogP contribution in [0.2, 0.25) is 0 Å². The van der Waals surface area contributed by atoms with Gasteiger partial charge in [-0.25, -0.2) is 15.0 Å². The van der Waals surface area contributed by atoms with Gasteiger partial charge in [-0.2, -0.15) is 5.10 Å². The number of aromatic nitrogens is 4. The van der Waals surface area contributed by atoms with Gasteiger partial charge in [0, 0.05) is 38.1 Å². The minimum atomic E-state index is 0.231. The van der Waals surface area contributed by atoms with Gasteiger partial charge in [0.15, 0.2) is 17.3 Å². The van der Waals surface area contributed by atoms with Crippen LogP contribution in [-0.4, -0.2) is 49.9 Å². The number of imidazole rings is 1. The first-order valence-corrected chi connectivity index (χ1v) is 9.53. The van der Waals surface area contributed by atoms with E-state index >= 15 is 0 Å². The van der Waals surface area contributed by atoms with Crippen LogP contribution < -0.4 is 5.32 Å². The van der Waals surface area contributed by atoms with Crippen LogP contribution in [0.4, 0.5) is 5.82 Å². The molecule has 0 saturated carbocycles. The highest BCUT2D eigenvalue weighted by Crippen LogP contribution is 2.24. The maximum Gasteiger partial charge on any atom is 0.166 e. The quantitative estimate of drug-likeness (QED) is 0.448. The summed E-state index contributed by atoms with van der Waals surface area (Å²) in [4.78, 5) is 14.0. The second-order valence-corrected chi connectivity index (χ2v) is 7.18. The van der Waals surface area contributed by atoms with E-state index in [0.29, 0.717) is 18.2 Å². The summed E-state index contributed by atoms with van der Waals surface area (Å²) >= 11 is 0. The summed E-state index contributed by atoms with van der Waals surface area (Å²) in [5, 5.41) is 18.3. The molecule has 0 amide bonds. The van der Waals surface area contributed by atoms with Crippen molar-refractivity contribution in [3.05, 3.63) is 48.2 Å². The second-order valence-electron chi connectivity index (χ2n) is 7.18. The van der Waals surface area contributed by atoms with Gasteiger partial charge in [-0.1, -0.05) is 12.1 Å². The summed E-state index contributed by atoms with van der Waals surface area (Å²) in [5.41, 5.74) is 3.54. The fraction of sp³-hybridized carbons (Fsp3) is 0.333. The molecule has 0 unspecified atom stereocenters. The van der Waals surface area contributed by atoms with E-state index in [9.17, 15) is 5.11 Å². The number of hydrazone groups is 1. The van der Waals surface area contributed by atoms with Gasteiger partial charge in [0.1, 0.15) is 11.3 Å². The van der Waals surface area contributed by atoms with Gasteiger partial charge in [0.25, 0.3) is 0 Å². The van der Waals surface area contributed by atoms with Gasteiger partial charge >= 0.3 is 0 Å². The van der Waals surface area contributed by atoms with Crippen molar-refractivity contribution in [2.24, 2.45) is 5.10 Å². The molecular weight excluding hydrogens is 366 g/mol. The van der Waals surface area contributed by atoms with Crippen LogP contribution in [0.3, 0.4) is 0 Å². The number of hydrogen-bond donors (Lipinski definition) is 2. The molecule has 29 heavy (non-hydrogen) atoms. The molecule has 0 aliphatic heterocycles. The summed E-state index contributed by atoms with van der Waals surface area (Å²) in [6.07, 6.45) is 4.43. The number of rotatable bonds is 8. The molecule has 2 N–H and O–H groups in total. The summed E-state index contributed by atoms with van der Waals surface area (Å²) < 4.78 is 2.04. The lowest BCUT2D eigenvalue weighted by Crippen LogP contribution is -2.10. The summed E-state index contributed by atoms with van der Waals surface area (Å²) in [7, 11) is 1.81. The molecule has 2 heterocycles. The molecule has 0 aliphatic rings. The van der Waals surface area contributed by atoms with Crippen molar-refractivity contribution in [1.29, 1.82) is 0 Å². The molecule has 2 aromatic heterocycles. The number of nitrogens with one attached hydrogen (secondary N) is 1. The first-order valence-electron chi connectivity index (χ1n) is 9.53. The van der Waals surface area contributed by atoms with E-state index in [1.54, 1.807) is 23.5 Å². The van der Waals surface area contributed by atoms with Crippen molar-refractivity contribution >= 4 is 29.3 Å². The number of phenolic OH excluding ortho intramolecular Hbond substituents is 1. The summed E-state index contributed by atoms with van der Waals surface area (Å²) in [6, 6.07) is 7.44. The largest absolute Gasteiger partial charge is 0.508 e. The molecule has 152 valence electrons. The molecule has 0 aliphatic carbocycles. The van der Waals surface area contributed by atoms with Crippen molar-refractivity contribution < 1.29 is 5.11 Å². The molecule has 8 nitrogen and oxygen atoms in total. The maximum atomic E-state index is 9.43. The Morgan fingerprint density at radius 3 is 2.69 bits per heavy atom. The molecule has 0 radical (unpaired) electrons. The number of benzene rings is 1. The molecule has 1 aromatic carbocycles. The van der Waals surface area contributed by atoms with E-state index < -0.39 is 0 Å². The molecule has 0 bridgehead atoms. The zero-order valence-corrected chi connectivity index (χ0v) is 17.3. The van der Waals surface area contributed by atoms with Crippen LogP contribution in [0.15, 0.2) is 41.9 Å². The fourth-order valence-corrected chi connectivity index (χ4v) is 2.96. The number of aromatic hydroxyl groups is 1. The Morgan fingerprint density at radius 2 is 2.03 bits per heavy atom. The zero-order valence-electron chi connectivity index (χ0n) is 17.3. The number of phenols is 1. The lowest BCUT2D eigenvalue weighted by Gasteiger charge is -2.12. The van der Waals surface area contributed by atoms with Crippen LogP contribution in [0.25, 0.3) is 16.7 Å². The van der Waals surface area contributed by atoms with E-state index in [0.717, 1.165) is 28.7 Å². The first-order chi connectivity index (χ1) is 13.9. The third-order valence-corrected chi connectivity index (χ3v) is 4.58. The number of fused-ring (bicyclic) bond motifs is 1. The third kappa shape index (κ3) is 4.71. The van der Waals surface area contributed by atoms with E-state index in [-0.39, 0.29) is 11.8 Å². The SMILES string of the molecule is C=NN(C)C=C(C)c1nc(NCCc2ccc(O)cc2)c2ncn(C(C)C)c2n1. The van der Waals surface area contributed by atoms with Gasteiger partial charge < -0.3 is 15.0 Å². The van der Waals surface area contributed by atoms with Crippen molar-refractivity contribution in [3.8, 4) is 5.75 Å². The Hall–Kier alpha value is -3.42. The predicted octanol–water partition coefficient (Wildman–Crippen LogP) is 3.68. The third-order valence-electron chi connectivity index (χ3n) is 4.58. The second kappa shape index (κ2) is 8.72. The lowest BCUT2D eigenvalue weighted by atomic mass is 10.1. The summed E-state index contributed by atoms with van der Waals surface area (Å²) in [6.45, 7) is 10.3. The van der Waals surface area contributed by atoms with Crippen molar-refractivity contribution in [1.82, 2.24) is 24.5 Å². The Kier molecular flexibility index (Phi) is 6.11. The minimum Gasteiger partial charge on any atom is -0.508 e. The topological polar surface area (TPSA) is 91.5 Å². The normalized spacial score (nSPS) is 11.8. The van der Waals surface area contributed by atoms with Gasteiger partial charge in [0.05, 0.1) is 6.33 Å². The zero-order chi connectivity index (χ0) is 21.0. The van der Waals surface area contributed by atoms with Gasteiger partial charge in [0.2, 0.25) is 0 Å². The van der Waals surface area contributed by atoms with Gasteiger partial charge in [-0.05, 0) is 44.9 Å². The smallest absolute Gasteiger partial charge is 0.166 e. The molecule has 0 atom stereocenters. The Bertz CT molecular complexity index is 1020. The standard InChI is InChI=1S/C21H27N7O/c1-14(2)28-13-24-18-20(23-11-10-16-6-8-17(29)9-7-16)25-19(26-21(18)28)15(3)12-27(5)22-4/h6-9,12-14,29H,4,10-11H2,1-3,5H3,(H,23,25,26). The molecule has 0 saturated heterocycles. The number of allylic oxidation sites excluding steroid dienone is 1. The Balaban J connectivity index is 1.92. The number of hydrogen-bond acceptors (Lipinski definition) is 7. The van der Waals surface area contributed by atoms with Gasteiger partial charge in [-0.3, -0.25) is 5.01 Å². The number of anilines is 1. The molecule has 3 rings (SSSR count). The Labute approximate surface area is 170 Å². The van der Waals surface area contributed by atoms with E-state index in [2.05, 4.69) is 36.0 Å². The molecular formula is C21H27N7O. The summed E-state index contributed by atoms with van der Waals surface area (Å²) in [5.74, 6) is 1.58. The van der Waals surface area contributed by atoms with E-state index in [1.165, 1.54) is 0 Å². The Morgan fingerprint density at radius 1 is 1.31 bits per heavy atom. The first kappa shape index (κ1) is 20.3. The van der Waals surface area contributed by atoms with Crippen LogP contribution in [0.1, 0.15) is 38.2 Å². The minimum absolute atomic E-state index is 0.231. The van der Waals surface area contributed by atoms with Crippen molar-refractivity contribution in [2.75, 3.05) is 18.9 Å². The van der Waals surface area contributed by atoms with Crippen LogP contribution in [0, 0.1) is 0 Å². The number of nitrogens with zero attached hydrogens (tertiary/aromatic N) is 6. The van der Waals surface area contributed by atoms with Crippen molar-refractivity contribution in [3.63, 3.8) is 0 Å². The fourth-order valence-electron chi connectivity index (χ4n) is 2.96. The van der Waals surface area contributed by atoms with Gasteiger partial charge in [-0.15, -0.1) is 0 Å². The predicted molar refractivity (Wildman–Crippen MR) is 117 cm³/mol. The maximum absolute atomic E-state index is 9.43. The highest BCUT2D eigenvalue weighted by molar-refractivity contribution is 5.84. The molecule has 0 spiro atoms. The van der Waals surface area contributed by atoms with Crippen LogP contribution in [0.5, 0.6) is 5.75 Å². The van der Waals surface area contributed by atoms with E-state index in [4.69, 9.17) is 9.97 Å². The lowest BCUT2D eigenvalue weighted by molar-refractivity contribution is 0.475. The van der Waals surface area contributed by atoms with Crippen LogP contribution >= 0.6 is 0 Å². The van der Waals surface area contributed by atoms with E-state index in [1.807, 2.05) is 36.9 Å². The molecule has 3 aromatic rings. The molecule has 0 fully saturated rings. The average Bonchev–Trinajstić information content (AvgIpc) is 3.13.